The van der Waals surface area contributed by atoms with Crippen LogP contribution in [-0.2, 0) is 6.54 Å². The summed E-state index contributed by atoms with van der Waals surface area (Å²) in [7, 11) is 0. The summed E-state index contributed by atoms with van der Waals surface area (Å²) in [5, 5.41) is 2.99. The first-order chi connectivity index (χ1) is 8.56. The van der Waals surface area contributed by atoms with Gasteiger partial charge < -0.3 is 5.32 Å². The molecule has 18 heavy (non-hydrogen) atoms. The van der Waals surface area contributed by atoms with Gasteiger partial charge >= 0.3 is 0 Å². The van der Waals surface area contributed by atoms with E-state index in [-0.39, 0.29) is 10.8 Å². The van der Waals surface area contributed by atoms with Crippen LogP contribution >= 0.6 is 27.5 Å². The van der Waals surface area contributed by atoms with Crippen LogP contribution in [0.25, 0.3) is 0 Å². The molecule has 5 heteroatoms. The van der Waals surface area contributed by atoms with E-state index in [1.54, 1.807) is 18.2 Å². The molecule has 0 saturated carbocycles. The number of anilines is 1. The molecular weight excluding hydrogens is 324 g/mol. The van der Waals surface area contributed by atoms with Crippen molar-refractivity contribution in [1.29, 1.82) is 0 Å². The summed E-state index contributed by atoms with van der Waals surface area (Å²) in [5.74, 6) is -0.805. The molecule has 0 saturated heterocycles. The van der Waals surface area contributed by atoms with Crippen LogP contribution in [0.1, 0.15) is 5.56 Å². The Labute approximate surface area is 117 Å². The van der Waals surface area contributed by atoms with Gasteiger partial charge in [-0.15, -0.1) is 0 Å². The molecule has 1 nitrogen and oxygen atoms in total. The quantitative estimate of drug-likeness (QED) is 0.834. The average molecular weight is 333 g/mol. The molecule has 0 amide bonds. The van der Waals surface area contributed by atoms with Crippen molar-refractivity contribution in [2.24, 2.45) is 0 Å². The summed E-state index contributed by atoms with van der Waals surface area (Å²) >= 11 is 8.93. The highest BCUT2D eigenvalue weighted by Gasteiger charge is 2.04. The minimum Gasteiger partial charge on any atom is -0.379 e. The van der Waals surface area contributed by atoms with Gasteiger partial charge in [0.15, 0.2) is 0 Å². The first kappa shape index (κ1) is 13.3. The number of hydrogen-bond acceptors (Lipinski definition) is 1. The molecule has 0 spiro atoms. The molecule has 2 aromatic rings. The molecule has 0 bridgehead atoms. The Morgan fingerprint density at radius 1 is 1.06 bits per heavy atom. The number of nitrogens with one attached hydrogen (secondary N) is 1. The van der Waals surface area contributed by atoms with E-state index in [4.69, 9.17) is 11.6 Å². The lowest BCUT2D eigenvalue weighted by Gasteiger charge is -2.08. The minimum absolute atomic E-state index is 0.0593. The molecular formula is C13H9BrClF2N. The van der Waals surface area contributed by atoms with Gasteiger partial charge in [0.1, 0.15) is 11.6 Å². The van der Waals surface area contributed by atoms with E-state index in [1.165, 1.54) is 18.2 Å². The van der Waals surface area contributed by atoms with E-state index >= 15 is 0 Å². The van der Waals surface area contributed by atoms with Gasteiger partial charge in [-0.05, 0) is 35.9 Å². The van der Waals surface area contributed by atoms with Crippen molar-refractivity contribution in [2.75, 3.05) is 5.32 Å². The average Bonchev–Trinajstić information content (AvgIpc) is 2.34. The molecule has 0 atom stereocenters. The molecule has 0 aromatic heterocycles. The molecule has 94 valence electrons. The Bertz CT molecular complexity index is 575. The van der Waals surface area contributed by atoms with Gasteiger partial charge in [-0.1, -0.05) is 33.6 Å². The number of benzene rings is 2. The van der Waals surface area contributed by atoms with Gasteiger partial charge in [-0.25, -0.2) is 8.78 Å². The van der Waals surface area contributed by atoms with E-state index in [9.17, 15) is 8.78 Å². The van der Waals surface area contributed by atoms with Crippen LogP contribution in [0.5, 0.6) is 0 Å². The second kappa shape index (κ2) is 5.67. The van der Waals surface area contributed by atoms with E-state index in [1.807, 2.05) is 0 Å². The van der Waals surface area contributed by atoms with Crippen molar-refractivity contribution in [3.63, 3.8) is 0 Å². The smallest absolute Gasteiger partial charge is 0.146 e. The lowest BCUT2D eigenvalue weighted by molar-refractivity contribution is 0.626. The zero-order chi connectivity index (χ0) is 13.1. The highest BCUT2D eigenvalue weighted by molar-refractivity contribution is 9.10. The summed E-state index contributed by atoms with van der Waals surface area (Å²) in [6.45, 7) is 0.368. The summed E-state index contributed by atoms with van der Waals surface area (Å²) < 4.78 is 27.2. The van der Waals surface area contributed by atoms with Crippen LogP contribution in [0.4, 0.5) is 14.5 Å². The number of hydrogen-bond donors (Lipinski definition) is 1. The highest BCUT2D eigenvalue weighted by Crippen LogP contribution is 2.21. The SMILES string of the molecule is Fc1ccc(CNc2cc(Br)ccc2F)cc1Cl. The predicted molar refractivity (Wildman–Crippen MR) is 72.8 cm³/mol. The van der Waals surface area contributed by atoms with Gasteiger partial charge in [0, 0.05) is 11.0 Å². The monoisotopic (exact) mass is 331 g/mol. The third kappa shape index (κ3) is 3.21. The van der Waals surface area contributed by atoms with Crippen LogP contribution in [0, 0.1) is 11.6 Å². The second-order valence-corrected chi connectivity index (χ2v) is 5.05. The fourth-order valence-electron chi connectivity index (χ4n) is 1.48. The van der Waals surface area contributed by atoms with Crippen LogP contribution in [-0.4, -0.2) is 0 Å². The Kier molecular flexibility index (Phi) is 4.19. The first-order valence-corrected chi connectivity index (χ1v) is 6.36. The highest BCUT2D eigenvalue weighted by atomic mass is 79.9. The lowest BCUT2D eigenvalue weighted by atomic mass is 10.2. The van der Waals surface area contributed by atoms with Crippen molar-refractivity contribution < 1.29 is 8.78 Å². The van der Waals surface area contributed by atoms with Crippen molar-refractivity contribution in [2.45, 2.75) is 6.54 Å². The molecule has 0 aliphatic rings. The van der Waals surface area contributed by atoms with Crippen molar-refractivity contribution in [3.05, 3.63) is 63.1 Å². The van der Waals surface area contributed by atoms with Crippen LogP contribution in [0.15, 0.2) is 40.9 Å². The molecule has 0 aliphatic heterocycles. The summed E-state index contributed by atoms with van der Waals surface area (Å²) in [5.41, 5.74) is 1.16. The normalized spacial score (nSPS) is 10.4. The maximum Gasteiger partial charge on any atom is 0.146 e. The Hall–Kier alpha value is -1.13. The van der Waals surface area contributed by atoms with E-state index in [0.29, 0.717) is 12.2 Å². The third-order valence-corrected chi connectivity index (χ3v) is 3.18. The van der Waals surface area contributed by atoms with Crippen LogP contribution in [0.2, 0.25) is 5.02 Å². The standard InChI is InChI=1S/C13H9BrClF2N/c14-9-2-4-12(17)13(6-9)18-7-8-1-3-11(16)10(15)5-8/h1-6,18H,7H2. The molecule has 0 heterocycles. The van der Waals surface area contributed by atoms with Gasteiger partial charge in [-0.3, -0.25) is 0 Å². The Morgan fingerprint density at radius 2 is 1.78 bits per heavy atom. The molecule has 2 aromatic carbocycles. The maximum absolute atomic E-state index is 13.4. The molecule has 1 N–H and O–H groups in total. The second-order valence-electron chi connectivity index (χ2n) is 3.73. The fraction of sp³-hybridized carbons (Fsp3) is 0.0769. The van der Waals surface area contributed by atoms with Crippen molar-refractivity contribution in [3.8, 4) is 0 Å². The van der Waals surface area contributed by atoms with Gasteiger partial charge in [-0.2, -0.15) is 0 Å². The zero-order valence-corrected chi connectivity index (χ0v) is 11.5. The lowest BCUT2D eigenvalue weighted by Crippen LogP contribution is -2.01. The number of rotatable bonds is 3. The first-order valence-electron chi connectivity index (χ1n) is 5.19. The Balaban J connectivity index is 2.11. The van der Waals surface area contributed by atoms with Crippen molar-refractivity contribution >= 4 is 33.2 Å². The summed E-state index contributed by atoms with van der Waals surface area (Å²) in [4.78, 5) is 0. The van der Waals surface area contributed by atoms with Gasteiger partial charge in [0.2, 0.25) is 0 Å². The van der Waals surface area contributed by atoms with E-state index in [2.05, 4.69) is 21.2 Å². The van der Waals surface area contributed by atoms with Gasteiger partial charge in [0.25, 0.3) is 0 Å². The maximum atomic E-state index is 13.4. The van der Waals surface area contributed by atoms with Crippen LogP contribution in [0.3, 0.4) is 0 Å². The zero-order valence-electron chi connectivity index (χ0n) is 9.18. The van der Waals surface area contributed by atoms with Crippen molar-refractivity contribution in [1.82, 2.24) is 0 Å². The largest absolute Gasteiger partial charge is 0.379 e. The Morgan fingerprint density at radius 3 is 2.50 bits per heavy atom. The summed E-state index contributed by atoms with van der Waals surface area (Å²) in [6.07, 6.45) is 0. The summed E-state index contributed by atoms with van der Waals surface area (Å²) in [6, 6.07) is 9.03. The minimum atomic E-state index is -0.464. The topological polar surface area (TPSA) is 12.0 Å². The molecule has 0 unspecified atom stereocenters. The molecule has 0 aliphatic carbocycles. The van der Waals surface area contributed by atoms with Crippen LogP contribution < -0.4 is 5.32 Å². The van der Waals surface area contributed by atoms with Gasteiger partial charge in [0.05, 0.1) is 10.7 Å². The van der Waals surface area contributed by atoms with E-state index in [0.717, 1.165) is 10.0 Å². The third-order valence-electron chi connectivity index (χ3n) is 2.40. The molecule has 0 fully saturated rings. The fourth-order valence-corrected chi connectivity index (χ4v) is 2.04. The van der Waals surface area contributed by atoms with E-state index < -0.39 is 5.82 Å². The molecule has 2 rings (SSSR count). The molecule has 0 radical (unpaired) electrons. The predicted octanol–water partition coefficient (Wildman–Crippen LogP) is 4.99. The number of halogens is 4.